The predicted molar refractivity (Wildman–Crippen MR) is 60.1 cm³/mol. The van der Waals surface area contributed by atoms with Crippen molar-refractivity contribution in [3.8, 4) is 0 Å². The van der Waals surface area contributed by atoms with E-state index >= 15 is 0 Å². The van der Waals surface area contributed by atoms with Crippen LogP contribution in [-0.2, 0) is 9.59 Å². The molecule has 0 saturated heterocycles. The SMILES string of the molecule is CC(=O)Nc1cc(Cl)cc(NC(C)=O)c1. The smallest absolute Gasteiger partial charge is 0.221 e. The summed E-state index contributed by atoms with van der Waals surface area (Å²) in [5.41, 5.74) is 1.11. The minimum absolute atomic E-state index is 0.189. The fourth-order valence-corrected chi connectivity index (χ4v) is 1.38. The van der Waals surface area contributed by atoms with Crippen molar-refractivity contribution in [3.63, 3.8) is 0 Å². The quantitative estimate of drug-likeness (QED) is 0.813. The molecule has 0 aromatic heterocycles. The monoisotopic (exact) mass is 226 g/mol. The lowest BCUT2D eigenvalue weighted by molar-refractivity contribution is -0.115. The van der Waals surface area contributed by atoms with Crippen LogP contribution in [0.15, 0.2) is 18.2 Å². The Morgan fingerprint density at radius 1 is 1.00 bits per heavy atom. The molecule has 4 nitrogen and oxygen atoms in total. The first kappa shape index (κ1) is 11.5. The van der Waals surface area contributed by atoms with Crippen LogP contribution in [0.5, 0.6) is 0 Å². The molecule has 0 bridgehead atoms. The third-order valence-electron chi connectivity index (χ3n) is 1.54. The minimum atomic E-state index is -0.189. The molecule has 0 heterocycles. The van der Waals surface area contributed by atoms with Crippen molar-refractivity contribution < 1.29 is 9.59 Å². The molecule has 0 aliphatic carbocycles. The van der Waals surface area contributed by atoms with Gasteiger partial charge in [0.2, 0.25) is 11.8 Å². The first-order valence-corrected chi connectivity index (χ1v) is 4.71. The number of carbonyl (C=O) groups is 2. The fourth-order valence-electron chi connectivity index (χ4n) is 1.14. The van der Waals surface area contributed by atoms with Crippen LogP contribution in [0.2, 0.25) is 5.02 Å². The third kappa shape index (κ3) is 3.99. The Morgan fingerprint density at radius 3 is 1.73 bits per heavy atom. The number of benzene rings is 1. The van der Waals surface area contributed by atoms with Gasteiger partial charge in [-0.05, 0) is 18.2 Å². The van der Waals surface area contributed by atoms with Crippen LogP contribution in [0.1, 0.15) is 13.8 Å². The number of hydrogen-bond acceptors (Lipinski definition) is 2. The molecule has 0 radical (unpaired) electrons. The molecular weight excluding hydrogens is 216 g/mol. The standard InChI is InChI=1S/C10H11ClN2O2/c1-6(14)12-9-3-8(11)4-10(5-9)13-7(2)15/h3-5H,1-2H3,(H,12,14)(H,13,15). The van der Waals surface area contributed by atoms with Gasteiger partial charge in [0.05, 0.1) is 0 Å². The van der Waals surface area contributed by atoms with Crippen molar-refractivity contribution in [3.05, 3.63) is 23.2 Å². The van der Waals surface area contributed by atoms with Crippen LogP contribution in [0.25, 0.3) is 0 Å². The topological polar surface area (TPSA) is 58.2 Å². The number of hydrogen-bond donors (Lipinski definition) is 2. The Hall–Kier alpha value is -1.55. The van der Waals surface area contributed by atoms with Crippen molar-refractivity contribution in [2.45, 2.75) is 13.8 Å². The Kier molecular flexibility index (Phi) is 3.68. The number of amides is 2. The summed E-state index contributed by atoms with van der Waals surface area (Å²) < 4.78 is 0. The van der Waals surface area contributed by atoms with E-state index in [4.69, 9.17) is 11.6 Å². The van der Waals surface area contributed by atoms with Crippen LogP contribution in [0.3, 0.4) is 0 Å². The van der Waals surface area contributed by atoms with Crippen molar-refractivity contribution >= 4 is 34.8 Å². The van der Waals surface area contributed by atoms with Gasteiger partial charge in [0.15, 0.2) is 0 Å². The fraction of sp³-hybridized carbons (Fsp3) is 0.200. The zero-order valence-corrected chi connectivity index (χ0v) is 9.18. The highest BCUT2D eigenvalue weighted by Gasteiger charge is 2.02. The summed E-state index contributed by atoms with van der Waals surface area (Å²) >= 11 is 5.81. The molecule has 0 fully saturated rings. The van der Waals surface area contributed by atoms with Gasteiger partial charge in [-0.15, -0.1) is 0 Å². The lowest BCUT2D eigenvalue weighted by atomic mass is 10.2. The van der Waals surface area contributed by atoms with Crippen LogP contribution < -0.4 is 10.6 Å². The van der Waals surface area contributed by atoms with Crippen LogP contribution in [0, 0.1) is 0 Å². The highest BCUT2D eigenvalue weighted by atomic mass is 35.5. The molecule has 0 spiro atoms. The summed E-state index contributed by atoms with van der Waals surface area (Å²) in [6.07, 6.45) is 0. The maximum Gasteiger partial charge on any atom is 0.221 e. The Morgan fingerprint density at radius 2 is 1.40 bits per heavy atom. The second-order valence-corrected chi connectivity index (χ2v) is 3.53. The lowest BCUT2D eigenvalue weighted by Crippen LogP contribution is -2.08. The molecule has 0 saturated carbocycles. The highest BCUT2D eigenvalue weighted by molar-refractivity contribution is 6.31. The van der Waals surface area contributed by atoms with E-state index in [1.807, 2.05) is 0 Å². The number of rotatable bonds is 2. The largest absolute Gasteiger partial charge is 0.326 e. The zero-order chi connectivity index (χ0) is 11.4. The Bertz CT molecular complexity index is 370. The molecule has 0 aliphatic rings. The van der Waals surface area contributed by atoms with Gasteiger partial charge in [0.25, 0.3) is 0 Å². The molecule has 15 heavy (non-hydrogen) atoms. The summed E-state index contributed by atoms with van der Waals surface area (Å²) in [4.78, 5) is 21.6. The summed E-state index contributed by atoms with van der Waals surface area (Å²) in [6, 6.07) is 4.84. The van der Waals surface area contributed by atoms with E-state index in [0.717, 1.165) is 0 Å². The molecular formula is C10H11ClN2O2. The van der Waals surface area contributed by atoms with Crippen LogP contribution in [0.4, 0.5) is 11.4 Å². The summed E-state index contributed by atoms with van der Waals surface area (Å²) in [7, 11) is 0. The second-order valence-electron chi connectivity index (χ2n) is 3.09. The average Bonchev–Trinajstić information content (AvgIpc) is 1.98. The van der Waals surface area contributed by atoms with Crippen molar-refractivity contribution in [2.24, 2.45) is 0 Å². The molecule has 0 unspecified atom stereocenters. The third-order valence-corrected chi connectivity index (χ3v) is 1.76. The summed E-state index contributed by atoms with van der Waals surface area (Å²) in [5.74, 6) is -0.378. The average molecular weight is 227 g/mol. The first-order chi connectivity index (χ1) is 6.97. The van der Waals surface area contributed by atoms with Crippen molar-refractivity contribution in [2.75, 3.05) is 10.6 Å². The van der Waals surface area contributed by atoms with E-state index in [-0.39, 0.29) is 11.8 Å². The minimum Gasteiger partial charge on any atom is -0.326 e. The molecule has 2 amide bonds. The normalized spacial score (nSPS) is 9.53. The molecule has 2 N–H and O–H groups in total. The van der Waals surface area contributed by atoms with Gasteiger partial charge >= 0.3 is 0 Å². The maximum atomic E-state index is 10.8. The van der Waals surface area contributed by atoms with E-state index in [0.29, 0.717) is 16.4 Å². The molecule has 1 aromatic rings. The van der Waals surface area contributed by atoms with Gasteiger partial charge in [-0.2, -0.15) is 0 Å². The van der Waals surface area contributed by atoms with Gasteiger partial charge in [0, 0.05) is 30.2 Å². The number of halogens is 1. The van der Waals surface area contributed by atoms with Crippen molar-refractivity contribution in [1.29, 1.82) is 0 Å². The number of anilines is 2. The van der Waals surface area contributed by atoms with E-state index in [9.17, 15) is 9.59 Å². The van der Waals surface area contributed by atoms with Gasteiger partial charge in [-0.3, -0.25) is 9.59 Å². The number of nitrogens with one attached hydrogen (secondary N) is 2. The van der Waals surface area contributed by atoms with Gasteiger partial charge in [0.1, 0.15) is 0 Å². The molecule has 0 aliphatic heterocycles. The van der Waals surface area contributed by atoms with Crippen LogP contribution >= 0.6 is 11.6 Å². The predicted octanol–water partition coefficient (Wildman–Crippen LogP) is 2.26. The van der Waals surface area contributed by atoms with E-state index in [1.54, 1.807) is 18.2 Å². The molecule has 1 aromatic carbocycles. The Labute approximate surface area is 92.6 Å². The highest BCUT2D eigenvalue weighted by Crippen LogP contribution is 2.22. The van der Waals surface area contributed by atoms with Crippen molar-refractivity contribution in [1.82, 2.24) is 0 Å². The summed E-state index contributed by atoms with van der Waals surface area (Å²) in [5, 5.41) is 5.62. The molecule has 0 atom stereocenters. The van der Waals surface area contributed by atoms with Gasteiger partial charge in [-0.25, -0.2) is 0 Å². The Balaban J connectivity index is 2.94. The lowest BCUT2D eigenvalue weighted by Gasteiger charge is -2.07. The van der Waals surface area contributed by atoms with E-state index < -0.39 is 0 Å². The summed E-state index contributed by atoms with van der Waals surface area (Å²) in [6.45, 7) is 2.80. The first-order valence-electron chi connectivity index (χ1n) is 4.33. The zero-order valence-electron chi connectivity index (χ0n) is 8.43. The maximum absolute atomic E-state index is 10.8. The number of carbonyl (C=O) groups excluding carboxylic acids is 2. The second kappa shape index (κ2) is 4.79. The van der Waals surface area contributed by atoms with Crippen LogP contribution in [-0.4, -0.2) is 11.8 Å². The molecule has 80 valence electrons. The van der Waals surface area contributed by atoms with Gasteiger partial charge in [-0.1, -0.05) is 11.6 Å². The van der Waals surface area contributed by atoms with E-state index in [2.05, 4.69) is 10.6 Å². The van der Waals surface area contributed by atoms with Gasteiger partial charge < -0.3 is 10.6 Å². The molecule has 1 rings (SSSR count). The molecule has 5 heteroatoms. The van der Waals surface area contributed by atoms with E-state index in [1.165, 1.54) is 13.8 Å².